The monoisotopic (exact) mass is 364 g/mol. The molecule has 1 saturated heterocycles. The lowest BCUT2D eigenvalue weighted by atomic mass is 10.0. The van der Waals surface area contributed by atoms with Gasteiger partial charge in [-0.25, -0.2) is 4.68 Å². The number of quaternary nitrogens is 1. The molecule has 6 heteroatoms. The van der Waals surface area contributed by atoms with Gasteiger partial charge in [-0.15, -0.1) is 5.10 Å². The van der Waals surface area contributed by atoms with Gasteiger partial charge in [-0.05, 0) is 30.2 Å². The lowest BCUT2D eigenvalue weighted by molar-refractivity contribution is -0.897. The molecule has 1 aromatic heterocycles. The lowest BCUT2D eigenvalue weighted by Crippen LogP contribution is -3.14. The standard InChI is InChI=1S/C21H25N5O/c1-2-16-7-3-4-8-18(16)22-21(27)15-25-13-11-17(12-14-25)26-20-10-6-5-9-19(20)23-24-26/h3-10,17H,2,11-15H2,1H3,(H,22,27)/p+1. The number of nitrogens with zero attached hydrogens (tertiary/aromatic N) is 3. The van der Waals surface area contributed by atoms with Gasteiger partial charge in [0.1, 0.15) is 5.52 Å². The molecular weight excluding hydrogens is 338 g/mol. The van der Waals surface area contributed by atoms with E-state index in [2.05, 4.69) is 39.4 Å². The number of aromatic nitrogens is 3. The van der Waals surface area contributed by atoms with Crippen molar-refractivity contribution in [1.82, 2.24) is 15.0 Å². The van der Waals surface area contributed by atoms with Crippen LogP contribution in [0.5, 0.6) is 0 Å². The van der Waals surface area contributed by atoms with Crippen LogP contribution in [0.15, 0.2) is 48.5 Å². The van der Waals surface area contributed by atoms with Gasteiger partial charge in [-0.3, -0.25) is 4.79 Å². The molecule has 140 valence electrons. The summed E-state index contributed by atoms with van der Waals surface area (Å²) in [5.74, 6) is 0.0931. The Morgan fingerprint density at radius 3 is 2.70 bits per heavy atom. The molecule has 27 heavy (non-hydrogen) atoms. The second-order valence-corrected chi connectivity index (χ2v) is 7.24. The van der Waals surface area contributed by atoms with Crippen LogP contribution in [0.4, 0.5) is 5.69 Å². The van der Waals surface area contributed by atoms with Gasteiger partial charge in [-0.1, -0.05) is 42.5 Å². The van der Waals surface area contributed by atoms with Crippen LogP contribution in [0.2, 0.25) is 0 Å². The predicted octanol–water partition coefficient (Wildman–Crippen LogP) is 1.85. The number of anilines is 1. The maximum atomic E-state index is 12.5. The summed E-state index contributed by atoms with van der Waals surface area (Å²) >= 11 is 0. The number of hydrogen-bond acceptors (Lipinski definition) is 3. The molecule has 0 radical (unpaired) electrons. The summed E-state index contributed by atoms with van der Waals surface area (Å²) in [6.45, 7) is 4.57. The van der Waals surface area contributed by atoms with Crippen molar-refractivity contribution in [3.8, 4) is 0 Å². The third-order valence-electron chi connectivity index (χ3n) is 5.47. The van der Waals surface area contributed by atoms with Gasteiger partial charge >= 0.3 is 0 Å². The fourth-order valence-corrected chi connectivity index (χ4v) is 3.96. The van der Waals surface area contributed by atoms with Crippen molar-refractivity contribution in [2.45, 2.75) is 32.2 Å². The fourth-order valence-electron chi connectivity index (χ4n) is 3.96. The number of piperidine rings is 1. The maximum Gasteiger partial charge on any atom is 0.279 e. The van der Waals surface area contributed by atoms with Gasteiger partial charge in [0.15, 0.2) is 6.54 Å². The molecule has 3 aromatic rings. The highest BCUT2D eigenvalue weighted by Crippen LogP contribution is 2.21. The average molecular weight is 364 g/mol. The number of carbonyl (C=O) groups excluding carboxylic acids is 1. The van der Waals surface area contributed by atoms with Gasteiger partial charge in [-0.2, -0.15) is 0 Å². The van der Waals surface area contributed by atoms with Crippen molar-refractivity contribution in [2.75, 3.05) is 25.0 Å². The summed E-state index contributed by atoms with van der Waals surface area (Å²) in [4.78, 5) is 13.8. The topological polar surface area (TPSA) is 64.2 Å². The molecule has 0 saturated carbocycles. The first-order valence-electron chi connectivity index (χ1n) is 9.76. The molecule has 1 fully saturated rings. The van der Waals surface area contributed by atoms with Gasteiger partial charge in [0.2, 0.25) is 0 Å². The highest BCUT2D eigenvalue weighted by molar-refractivity contribution is 5.92. The summed E-state index contributed by atoms with van der Waals surface area (Å²) in [5.41, 5.74) is 4.16. The smallest absolute Gasteiger partial charge is 0.279 e. The average Bonchev–Trinajstić information content (AvgIpc) is 3.13. The van der Waals surface area contributed by atoms with Crippen LogP contribution in [0.3, 0.4) is 0 Å². The summed E-state index contributed by atoms with van der Waals surface area (Å²) in [6.07, 6.45) is 2.95. The van der Waals surface area contributed by atoms with E-state index >= 15 is 0 Å². The van der Waals surface area contributed by atoms with Gasteiger partial charge in [0.05, 0.1) is 24.6 Å². The number of likely N-dealkylation sites (tertiary alicyclic amines) is 1. The first-order chi connectivity index (χ1) is 13.2. The van der Waals surface area contributed by atoms with Crippen LogP contribution >= 0.6 is 0 Å². The molecule has 1 amide bonds. The Hall–Kier alpha value is -2.73. The number of carbonyl (C=O) groups is 1. The number of rotatable bonds is 5. The number of nitrogens with one attached hydrogen (secondary N) is 2. The van der Waals surface area contributed by atoms with Crippen molar-refractivity contribution in [1.29, 1.82) is 0 Å². The van der Waals surface area contributed by atoms with Gasteiger partial charge in [0.25, 0.3) is 5.91 Å². The quantitative estimate of drug-likeness (QED) is 0.726. The highest BCUT2D eigenvalue weighted by Gasteiger charge is 2.26. The van der Waals surface area contributed by atoms with Crippen molar-refractivity contribution in [3.63, 3.8) is 0 Å². The number of hydrogen-bond donors (Lipinski definition) is 2. The van der Waals surface area contributed by atoms with E-state index in [4.69, 9.17) is 0 Å². The number of amides is 1. The zero-order valence-electron chi connectivity index (χ0n) is 15.7. The summed E-state index contributed by atoms with van der Waals surface area (Å²) in [6, 6.07) is 16.5. The van der Waals surface area contributed by atoms with Gasteiger partial charge < -0.3 is 10.2 Å². The normalized spacial score (nSPS) is 19.9. The van der Waals surface area contributed by atoms with E-state index in [0.29, 0.717) is 12.6 Å². The minimum Gasteiger partial charge on any atom is -0.327 e. The van der Waals surface area contributed by atoms with Crippen molar-refractivity contribution in [3.05, 3.63) is 54.1 Å². The Morgan fingerprint density at radius 2 is 1.89 bits per heavy atom. The molecule has 1 aliphatic heterocycles. The molecular formula is C21H26N5O+. The molecule has 1 aliphatic rings. The number of benzene rings is 2. The first kappa shape index (κ1) is 17.7. The fraction of sp³-hybridized carbons (Fsp3) is 0.381. The van der Waals surface area contributed by atoms with E-state index in [1.807, 2.05) is 36.4 Å². The van der Waals surface area contributed by atoms with Crippen LogP contribution in [0, 0.1) is 0 Å². The number of aryl methyl sites for hydroxylation is 1. The Balaban J connectivity index is 1.33. The molecule has 6 nitrogen and oxygen atoms in total. The Kier molecular flexibility index (Phi) is 5.16. The minimum atomic E-state index is 0.0931. The molecule has 2 heterocycles. The van der Waals surface area contributed by atoms with Crippen LogP contribution in [-0.2, 0) is 11.2 Å². The SMILES string of the molecule is CCc1ccccc1NC(=O)C[NH+]1CCC(n2nnc3ccccc32)CC1. The maximum absolute atomic E-state index is 12.5. The third-order valence-corrected chi connectivity index (χ3v) is 5.47. The Labute approximate surface area is 159 Å². The van der Waals surface area contributed by atoms with E-state index in [1.54, 1.807) is 0 Å². The summed E-state index contributed by atoms with van der Waals surface area (Å²) in [5, 5.41) is 11.7. The molecule has 0 unspecified atom stereocenters. The lowest BCUT2D eigenvalue weighted by Gasteiger charge is -2.29. The summed E-state index contributed by atoms with van der Waals surface area (Å²) < 4.78 is 2.06. The van der Waals surface area contributed by atoms with Crippen molar-refractivity contribution in [2.24, 2.45) is 0 Å². The zero-order chi connectivity index (χ0) is 18.6. The van der Waals surface area contributed by atoms with Crippen molar-refractivity contribution >= 4 is 22.6 Å². The third kappa shape index (κ3) is 3.85. The largest absolute Gasteiger partial charge is 0.327 e. The Bertz CT molecular complexity index is 927. The number of fused-ring (bicyclic) bond motifs is 1. The Morgan fingerprint density at radius 1 is 1.15 bits per heavy atom. The van der Waals surface area contributed by atoms with Crippen LogP contribution in [0.25, 0.3) is 11.0 Å². The zero-order valence-corrected chi connectivity index (χ0v) is 15.7. The highest BCUT2D eigenvalue weighted by atomic mass is 16.2. The van der Waals surface area contributed by atoms with E-state index in [-0.39, 0.29) is 5.91 Å². The number of para-hydroxylation sites is 2. The van der Waals surface area contributed by atoms with E-state index < -0.39 is 0 Å². The molecule has 0 atom stereocenters. The second kappa shape index (κ2) is 7.88. The molecule has 0 aliphatic carbocycles. The van der Waals surface area contributed by atoms with Crippen LogP contribution in [0.1, 0.15) is 31.4 Å². The van der Waals surface area contributed by atoms with Crippen LogP contribution < -0.4 is 10.2 Å². The molecule has 2 aromatic carbocycles. The van der Waals surface area contributed by atoms with E-state index in [0.717, 1.165) is 49.1 Å². The molecule has 2 N–H and O–H groups in total. The molecule has 0 bridgehead atoms. The molecule has 0 spiro atoms. The summed E-state index contributed by atoms with van der Waals surface area (Å²) in [7, 11) is 0. The predicted molar refractivity (Wildman–Crippen MR) is 106 cm³/mol. The van der Waals surface area contributed by atoms with Crippen molar-refractivity contribution < 1.29 is 9.69 Å². The first-order valence-corrected chi connectivity index (χ1v) is 9.76. The molecule has 4 rings (SSSR count). The van der Waals surface area contributed by atoms with Gasteiger partial charge in [0, 0.05) is 18.5 Å². The van der Waals surface area contributed by atoms with E-state index in [9.17, 15) is 4.79 Å². The van der Waals surface area contributed by atoms with E-state index in [1.165, 1.54) is 10.5 Å². The second-order valence-electron chi connectivity index (χ2n) is 7.24. The minimum absolute atomic E-state index is 0.0931. The van der Waals surface area contributed by atoms with Crippen LogP contribution in [-0.4, -0.2) is 40.5 Å².